The molecule has 0 saturated carbocycles. The smallest absolute Gasteiger partial charge is 0.343 e. The van der Waals surface area contributed by atoms with Gasteiger partial charge in [-0.05, 0) is 35.6 Å². The number of hydrogen-bond acceptors (Lipinski definition) is 2. The summed E-state index contributed by atoms with van der Waals surface area (Å²) < 4.78 is 6.42. The van der Waals surface area contributed by atoms with Crippen molar-refractivity contribution in [2.45, 2.75) is 26.7 Å². The van der Waals surface area contributed by atoms with Crippen LogP contribution in [0.5, 0.6) is 0 Å². The van der Waals surface area contributed by atoms with Crippen LogP contribution in [0.1, 0.15) is 31.1 Å². The summed E-state index contributed by atoms with van der Waals surface area (Å²) in [6.07, 6.45) is 0. The van der Waals surface area contributed by atoms with E-state index in [1.807, 2.05) is 39.0 Å². The molecule has 0 fully saturated rings. The molecule has 0 aliphatic carbocycles. The minimum atomic E-state index is -0.234. The Hall–Kier alpha value is -0.840. The molecule has 16 heavy (non-hydrogen) atoms. The molecule has 3 heteroatoms. The van der Waals surface area contributed by atoms with Crippen molar-refractivity contribution >= 4 is 33.4 Å². The molecule has 0 aliphatic rings. The topological polar surface area (TPSA) is 30.2 Å². The molecular weight excluding hydrogens is 315 g/mol. The van der Waals surface area contributed by atoms with Gasteiger partial charge in [-0.1, -0.05) is 31.5 Å². The van der Waals surface area contributed by atoms with Crippen molar-refractivity contribution in [3.63, 3.8) is 0 Å². The van der Waals surface area contributed by atoms with E-state index in [2.05, 4.69) is 22.6 Å². The molecule has 0 atom stereocenters. The normalized spacial score (nSPS) is 11.3. The lowest BCUT2D eigenvalue weighted by molar-refractivity contribution is 0.443. The highest BCUT2D eigenvalue weighted by atomic mass is 127. The average molecular weight is 328 g/mol. The quantitative estimate of drug-likeness (QED) is 0.745. The summed E-state index contributed by atoms with van der Waals surface area (Å²) in [5.41, 5.74) is 0.843. The molecule has 0 radical (unpaired) electrons. The zero-order valence-corrected chi connectivity index (χ0v) is 11.7. The first kappa shape index (κ1) is 11.6. The largest absolute Gasteiger partial charge is 0.426 e. The number of aryl methyl sites for hydroxylation is 1. The third-order valence-electron chi connectivity index (χ3n) is 2.57. The molecule has 0 spiro atoms. The Morgan fingerprint density at radius 1 is 1.25 bits per heavy atom. The van der Waals surface area contributed by atoms with Crippen molar-refractivity contribution < 1.29 is 4.42 Å². The lowest BCUT2D eigenvalue weighted by atomic mass is 10.1. The van der Waals surface area contributed by atoms with E-state index in [-0.39, 0.29) is 11.5 Å². The summed E-state index contributed by atoms with van der Waals surface area (Å²) in [5, 5.41) is 1.67. The Bertz CT molecular complexity index is 597. The maximum atomic E-state index is 11.8. The second-order valence-corrected chi connectivity index (χ2v) is 5.35. The van der Waals surface area contributed by atoms with Gasteiger partial charge in [0.1, 0.15) is 5.76 Å². The van der Waals surface area contributed by atoms with Crippen molar-refractivity contribution in [2.24, 2.45) is 0 Å². The Morgan fingerprint density at radius 3 is 2.56 bits per heavy atom. The Balaban J connectivity index is 2.90. The van der Waals surface area contributed by atoms with Crippen molar-refractivity contribution in [3.8, 4) is 0 Å². The number of hydrogen-bond donors (Lipinski definition) is 0. The van der Waals surface area contributed by atoms with E-state index in [9.17, 15) is 4.79 Å². The second-order valence-electron chi connectivity index (χ2n) is 4.27. The maximum Gasteiger partial charge on any atom is 0.343 e. The van der Waals surface area contributed by atoms with Crippen LogP contribution < -0.4 is 5.63 Å². The molecule has 0 bridgehead atoms. The number of halogens is 1. The van der Waals surface area contributed by atoms with E-state index < -0.39 is 0 Å². The summed E-state index contributed by atoms with van der Waals surface area (Å²) >= 11 is 2.25. The summed E-state index contributed by atoms with van der Waals surface area (Å²) in [4.78, 5) is 11.8. The highest BCUT2D eigenvalue weighted by Gasteiger charge is 2.14. The minimum Gasteiger partial charge on any atom is -0.426 e. The van der Waals surface area contributed by atoms with Gasteiger partial charge in [-0.25, -0.2) is 4.79 Å². The van der Waals surface area contributed by atoms with E-state index in [4.69, 9.17) is 4.42 Å². The zero-order chi connectivity index (χ0) is 11.9. The second kappa shape index (κ2) is 4.20. The maximum absolute atomic E-state index is 11.8. The zero-order valence-electron chi connectivity index (χ0n) is 9.50. The Labute approximate surface area is 108 Å². The average Bonchev–Trinajstić information content (AvgIpc) is 2.22. The summed E-state index contributed by atoms with van der Waals surface area (Å²) in [6.45, 7) is 6.03. The first-order valence-electron chi connectivity index (χ1n) is 5.23. The van der Waals surface area contributed by atoms with Gasteiger partial charge in [0, 0.05) is 11.3 Å². The third kappa shape index (κ3) is 1.88. The number of fused-ring (bicyclic) bond motifs is 1. The van der Waals surface area contributed by atoms with E-state index in [0.717, 1.165) is 20.3 Å². The van der Waals surface area contributed by atoms with Gasteiger partial charge < -0.3 is 4.42 Å². The fourth-order valence-corrected chi connectivity index (χ4v) is 2.93. The monoisotopic (exact) mass is 328 g/mol. The van der Waals surface area contributed by atoms with Crippen LogP contribution in [0.3, 0.4) is 0 Å². The fraction of sp³-hybridized carbons (Fsp3) is 0.308. The van der Waals surface area contributed by atoms with Crippen LogP contribution in [0.15, 0.2) is 27.4 Å². The molecule has 0 unspecified atom stereocenters. The van der Waals surface area contributed by atoms with Gasteiger partial charge in [-0.3, -0.25) is 0 Å². The molecule has 2 rings (SSSR count). The van der Waals surface area contributed by atoms with Crippen molar-refractivity contribution in [3.05, 3.63) is 43.5 Å². The molecule has 0 N–H and O–H groups in total. The van der Waals surface area contributed by atoms with E-state index in [1.54, 1.807) is 0 Å². The van der Waals surface area contributed by atoms with Crippen molar-refractivity contribution in [2.75, 3.05) is 0 Å². The molecule has 2 nitrogen and oxygen atoms in total. The van der Waals surface area contributed by atoms with Gasteiger partial charge in [-0.2, -0.15) is 0 Å². The lowest BCUT2D eigenvalue weighted by Crippen LogP contribution is -2.06. The van der Waals surface area contributed by atoms with Crippen LogP contribution in [0.4, 0.5) is 0 Å². The van der Waals surface area contributed by atoms with E-state index in [0.29, 0.717) is 5.39 Å². The molecule has 1 aromatic heterocycles. The van der Waals surface area contributed by atoms with Crippen LogP contribution in [0.25, 0.3) is 10.8 Å². The van der Waals surface area contributed by atoms with Crippen molar-refractivity contribution in [1.82, 2.24) is 0 Å². The first-order valence-corrected chi connectivity index (χ1v) is 6.31. The van der Waals surface area contributed by atoms with Gasteiger partial charge in [0.15, 0.2) is 0 Å². The van der Waals surface area contributed by atoms with Crippen LogP contribution in [-0.4, -0.2) is 0 Å². The Morgan fingerprint density at radius 2 is 1.94 bits per heavy atom. The molecule has 1 heterocycles. The fourth-order valence-electron chi connectivity index (χ4n) is 1.72. The predicted octanol–water partition coefficient (Wildman–Crippen LogP) is 3.83. The minimum absolute atomic E-state index is 0.227. The highest BCUT2D eigenvalue weighted by Crippen LogP contribution is 2.27. The standard InChI is InChI=1S/C13H13IO2/c1-7(2)12-11(14)9-5-4-8(3)6-10(9)13(15)16-12/h4-7H,1-3H3. The van der Waals surface area contributed by atoms with Gasteiger partial charge in [0.25, 0.3) is 0 Å². The van der Waals surface area contributed by atoms with Crippen LogP contribution >= 0.6 is 22.6 Å². The molecule has 0 amide bonds. The highest BCUT2D eigenvalue weighted by molar-refractivity contribution is 14.1. The SMILES string of the molecule is Cc1ccc2c(I)c(C(C)C)oc(=O)c2c1. The van der Waals surface area contributed by atoms with Gasteiger partial charge in [0.05, 0.1) is 8.96 Å². The summed E-state index contributed by atoms with van der Waals surface area (Å²) in [6, 6.07) is 5.90. The van der Waals surface area contributed by atoms with Gasteiger partial charge in [0.2, 0.25) is 0 Å². The predicted molar refractivity (Wildman–Crippen MR) is 74.0 cm³/mol. The third-order valence-corrected chi connectivity index (χ3v) is 3.69. The van der Waals surface area contributed by atoms with Crippen molar-refractivity contribution in [1.29, 1.82) is 0 Å². The van der Waals surface area contributed by atoms with Crippen LogP contribution in [-0.2, 0) is 0 Å². The van der Waals surface area contributed by atoms with Gasteiger partial charge in [-0.15, -0.1) is 0 Å². The molecular formula is C13H13IO2. The van der Waals surface area contributed by atoms with Crippen LogP contribution in [0.2, 0.25) is 0 Å². The summed E-state index contributed by atoms with van der Waals surface area (Å²) in [5.74, 6) is 1.01. The number of benzene rings is 1. The van der Waals surface area contributed by atoms with Crippen LogP contribution in [0, 0.1) is 10.5 Å². The Kier molecular flexibility index (Phi) is 3.06. The molecule has 1 aromatic carbocycles. The van der Waals surface area contributed by atoms with E-state index in [1.165, 1.54) is 0 Å². The molecule has 2 aromatic rings. The van der Waals surface area contributed by atoms with E-state index >= 15 is 0 Å². The summed E-state index contributed by atoms with van der Waals surface area (Å²) in [7, 11) is 0. The first-order chi connectivity index (χ1) is 7.50. The number of rotatable bonds is 1. The molecule has 84 valence electrons. The molecule has 0 aliphatic heterocycles. The van der Waals surface area contributed by atoms with Gasteiger partial charge >= 0.3 is 5.63 Å². The lowest BCUT2D eigenvalue weighted by Gasteiger charge is -2.09. The molecule has 0 saturated heterocycles.